The monoisotopic (exact) mass is 419 g/mol. The molecule has 8 heteroatoms. The third-order valence-corrected chi connectivity index (χ3v) is 5.75. The molecule has 2 N–H and O–H groups in total. The molecular formula is C23H25N5O3. The van der Waals surface area contributed by atoms with E-state index in [1.165, 1.54) is 0 Å². The average molecular weight is 419 g/mol. The second-order valence-corrected chi connectivity index (χ2v) is 8.45. The van der Waals surface area contributed by atoms with Gasteiger partial charge in [0.1, 0.15) is 17.5 Å². The van der Waals surface area contributed by atoms with E-state index in [4.69, 9.17) is 4.74 Å². The lowest BCUT2D eigenvalue weighted by atomic mass is 10.2. The molecule has 4 heterocycles. The fraction of sp³-hybridized carbons (Fsp3) is 0.391. The van der Waals surface area contributed by atoms with Crippen molar-refractivity contribution in [2.75, 3.05) is 13.1 Å². The van der Waals surface area contributed by atoms with Crippen LogP contribution in [0.15, 0.2) is 41.5 Å². The Morgan fingerprint density at radius 1 is 1.23 bits per heavy atom. The summed E-state index contributed by atoms with van der Waals surface area (Å²) in [6, 6.07) is 7.64. The number of aromatic nitrogens is 3. The summed E-state index contributed by atoms with van der Waals surface area (Å²) in [5.74, 6) is 0.553. The van der Waals surface area contributed by atoms with Gasteiger partial charge in [0.15, 0.2) is 0 Å². The van der Waals surface area contributed by atoms with Crippen LogP contribution in [-0.2, 0) is 6.54 Å². The first-order valence-electron chi connectivity index (χ1n) is 10.7. The van der Waals surface area contributed by atoms with Crippen LogP contribution in [0.25, 0.3) is 11.0 Å². The molecule has 0 unspecified atom stereocenters. The van der Waals surface area contributed by atoms with Crippen molar-refractivity contribution in [3.05, 3.63) is 63.8 Å². The molecule has 2 aliphatic rings. The Labute approximate surface area is 179 Å². The number of H-pyrrole nitrogens is 1. The zero-order valence-corrected chi connectivity index (χ0v) is 17.4. The van der Waals surface area contributed by atoms with Gasteiger partial charge >= 0.3 is 0 Å². The summed E-state index contributed by atoms with van der Waals surface area (Å²) in [5.41, 5.74) is 3.62. The fourth-order valence-electron chi connectivity index (χ4n) is 3.87. The van der Waals surface area contributed by atoms with Gasteiger partial charge in [0.05, 0.1) is 17.2 Å². The van der Waals surface area contributed by atoms with E-state index in [-0.39, 0.29) is 17.6 Å². The predicted octanol–water partition coefficient (Wildman–Crippen LogP) is 2.17. The molecule has 1 saturated heterocycles. The smallest absolute Gasteiger partial charge is 0.270 e. The van der Waals surface area contributed by atoms with E-state index in [9.17, 15) is 9.59 Å². The predicted molar refractivity (Wildman–Crippen MR) is 116 cm³/mol. The lowest BCUT2D eigenvalue weighted by molar-refractivity contribution is 0.0946. The number of fused-ring (bicyclic) bond motifs is 1. The van der Waals surface area contributed by atoms with E-state index in [1.54, 1.807) is 19.2 Å². The van der Waals surface area contributed by atoms with Gasteiger partial charge in [-0.3, -0.25) is 19.5 Å². The molecule has 31 heavy (non-hydrogen) atoms. The minimum atomic E-state index is -0.124. The highest BCUT2D eigenvalue weighted by Gasteiger charge is 2.26. The molecule has 0 bridgehead atoms. The van der Waals surface area contributed by atoms with Gasteiger partial charge in [0.2, 0.25) is 0 Å². The molecule has 3 aromatic rings. The summed E-state index contributed by atoms with van der Waals surface area (Å²) in [4.78, 5) is 37.8. The topological polar surface area (TPSA) is 100 Å². The van der Waals surface area contributed by atoms with Crippen molar-refractivity contribution in [3.8, 4) is 5.75 Å². The number of aryl methyl sites for hydroxylation is 1. The number of carbonyl (C=O) groups excluding carboxylic acids is 1. The molecule has 1 aliphatic heterocycles. The fourth-order valence-corrected chi connectivity index (χ4v) is 3.87. The number of pyridine rings is 3. The normalized spacial score (nSPS) is 18.9. The SMILES string of the molecule is Cc1cc2ncc(CN3CC[C@@H](Oc4ccc(C(=O)NC5CC5)nc4)C3)cc2[nH]c1=O. The van der Waals surface area contributed by atoms with Crippen LogP contribution in [0.4, 0.5) is 0 Å². The molecule has 1 aliphatic carbocycles. The lowest BCUT2D eigenvalue weighted by Gasteiger charge is -2.17. The third kappa shape index (κ3) is 4.59. The number of rotatable bonds is 6. The van der Waals surface area contributed by atoms with Crippen molar-refractivity contribution in [1.82, 2.24) is 25.2 Å². The van der Waals surface area contributed by atoms with E-state index in [0.29, 0.717) is 23.0 Å². The number of nitrogens with one attached hydrogen (secondary N) is 2. The van der Waals surface area contributed by atoms with Crippen LogP contribution in [0.3, 0.4) is 0 Å². The van der Waals surface area contributed by atoms with E-state index >= 15 is 0 Å². The van der Waals surface area contributed by atoms with Gasteiger partial charge in [0.25, 0.3) is 11.5 Å². The second kappa shape index (κ2) is 8.11. The molecule has 0 spiro atoms. The maximum Gasteiger partial charge on any atom is 0.270 e. The number of hydrogen-bond donors (Lipinski definition) is 2. The van der Waals surface area contributed by atoms with Crippen LogP contribution in [0.1, 0.15) is 40.9 Å². The summed E-state index contributed by atoms with van der Waals surface area (Å²) in [7, 11) is 0. The summed E-state index contributed by atoms with van der Waals surface area (Å²) in [5, 5.41) is 2.93. The van der Waals surface area contributed by atoms with Gasteiger partial charge in [-0.25, -0.2) is 4.98 Å². The van der Waals surface area contributed by atoms with Gasteiger partial charge in [-0.05, 0) is 56.0 Å². The Balaban J connectivity index is 1.17. The molecule has 1 saturated carbocycles. The van der Waals surface area contributed by atoms with Gasteiger partial charge in [-0.1, -0.05) is 0 Å². The van der Waals surface area contributed by atoms with Crippen molar-refractivity contribution in [2.24, 2.45) is 0 Å². The molecule has 8 nitrogen and oxygen atoms in total. The summed E-state index contributed by atoms with van der Waals surface area (Å²) < 4.78 is 6.07. The highest BCUT2D eigenvalue weighted by molar-refractivity contribution is 5.92. The number of hydrogen-bond acceptors (Lipinski definition) is 6. The van der Waals surface area contributed by atoms with Crippen LogP contribution in [0, 0.1) is 6.92 Å². The minimum Gasteiger partial charge on any atom is -0.487 e. The number of ether oxygens (including phenoxy) is 1. The molecule has 3 aromatic heterocycles. The molecular weight excluding hydrogens is 394 g/mol. The van der Waals surface area contributed by atoms with Gasteiger partial charge in [0, 0.05) is 37.4 Å². The Kier molecular flexibility index (Phi) is 5.15. The van der Waals surface area contributed by atoms with Crippen molar-refractivity contribution in [1.29, 1.82) is 0 Å². The van der Waals surface area contributed by atoms with E-state index in [0.717, 1.165) is 55.5 Å². The number of aromatic amines is 1. The molecule has 2 fully saturated rings. The Morgan fingerprint density at radius 2 is 2.10 bits per heavy atom. The molecule has 5 rings (SSSR count). The zero-order valence-electron chi connectivity index (χ0n) is 17.4. The van der Waals surface area contributed by atoms with Crippen LogP contribution < -0.4 is 15.6 Å². The quantitative estimate of drug-likeness (QED) is 0.635. The first kappa shape index (κ1) is 19.7. The van der Waals surface area contributed by atoms with Crippen molar-refractivity contribution in [3.63, 3.8) is 0 Å². The Bertz CT molecular complexity index is 1170. The first-order valence-corrected chi connectivity index (χ1v) is 10.7. The standard InChI is InChI=1S/C23H25N5O3/c1-14-8-20-21(27-22(14)29)9-15(10-24-20)12-28-7-6-18(13-28)31-17-4-5-19(25-11-17)23(30)26-16-2-3-16/h4-5,8-11,16,18H,2-3,6-7,12-13H2,1H3,(H,26,30)(H,27,29)/t18-/m1/s1. The summed E-state index contributed by atoms with van der Waals surface area (Å²) in [6.07, 6.45) is 6.58. The van der Waals surface area contributed by atoms with Gasteiger partial charge in [-0.2, -0.15) is 0 Å². The van der Waals surface area contributed by atoms with Crippen LogP contribution in [0.5, 0.6) is 5.75 Å². The maximum atomic E-state index is 12.0. The third-order valence-electron chi connectivity index (χ3n) is 5.75. The summed E-state index contributed by atoms with van der Waals surface area (Å²) in [6.45, 7) is 4.25. The highest BCUT2D eigenvalue weighted by Crippen LogP contribution is 2.21. The number of nitrogens with zero attached hydrogens (tertiary/aromatic N) is 3. The first-order chi connectivity index (χ1) is 15.0. The van der Waals surface area contributed by atoms with E-state index in [2.05, 4.69) is 25.2 Å². The molecule has 160 valence electrons. The van der Waals surface area contributed by atoms with Crippen LogP contribution in [0.2, 0.25) is 0 Å². The van der Waals surface area contributed by atoms with Crippen LogP contribution >= 0.6 is 0 Å². The van der Waals surface area contributed by atoms with Crippen molar-refractivity contribution in [2.45, 2.75) is 44.9 Å². The number of likely N-dealkylation sites (tertiary alicyclic amines) is 1. The van der Waals surface area contributed by atoms with Crippen LogP contribution in [-0.4, -0.2) is 51.0 Å². The van der Waals surface area contributed by atoms with E-state index < -0.39 is 0 Å². The molecule has 1 amide bonds. The molecule has 1 atom stereocenters. The largest absolute Gasteiger partial charge is 0.487 e. The second-order valence-electron chi connectivity index (χ2n) is 8.45. The van der Waals surface area contributed by atoms with Crippen molar-refractivity contribution >= 4 is 16.9 Å². The Morgan fingerprint density at radius 3 is 2.87 bits per heavy atom. The lowest BCUT2D eigenvalue weighted by Crippen LogP contribution is -2.26. The number of amides is 1. The van der Waals surface area contributed by atoms with Gasteiger partial charge < -0.3 is 15.0 Å². The Hall–Kier alpha value is -3.26. The highest BCUT2D eigenvalue weighted by atomic mass is 16.5. The van der Waals surface area contributed by atoms with Crippen molar-refractivity contribution < 1.29 is 9.53 Å². The maximum absolute atomic E-state index is 12.0. The molecule has 0 aromatic carbocycles. The zero-order chi connectivity index (χ0) is 21.4. The average Bonchev–Trinajstić information content (AvgIpc) is 3.47. The number of carbonyl (C=O) groups is 1. The molecule has 0 radical (unpaired) electrons. The van der Waals surface area contributed by atoms with Gasteiger partial charge in [-0.15, -0.1) is 0 Å². The summed E-state index contributed by atoms with van der Waals surface area (Å²) >= 11 is 0. The minimum absolute atomic E-state index is 0.0730. The van der Waals surface area contributed by atoms with E-state index in [1.807, 2.05) is 24.4 Å².